The normalized spacial score (nSPS) is 21.0. The molecule has 1 fully saturated rings. The molecule has 1 aliphatic heterocycles. The van der Waals surface area contributed by atoms with Gasteiger partial charge in [-0.3, -0.25) is 9.35 Å². The van der Waals surface area contributed by atoms with Gasteiger partial charge in [0.05, 0.1) is 19.8 Å². The van der Waals surface area contributed by atoms with E-state index in [1.54, 1.807) is 0 Å². The molecule has 0 spiro atoms. The summed E-state index contributed by atoms with van der Waals surface area (Å²) in [7, 11) is -5.06. The van der Waals surface area contributed by atoms with Crippen molar-refractivity contribution in [3.8, 4) is 0 Å². The molecule has 6 atom stereocenters. The van der Waals surface area contributed by atoms with Gasteiger partial charge in [-0.15, -0.1) is 0 Å². The lowest BCUT2D eigenvalue weighted by Crippen LogP contribution is -2.60. The number of unbranched alkanes of at least 4 members (excludes halogenated alkanes) is 21. The largest absolute Gasteiger partial charge is 0.457 e. The van der Waals surface area contributed by atoms with Gasteiger partial charge in [-0.25, -0.2) is 4.18 Å². The van der Waals surface area contributed by atoms with Crippen LogP contribution in [0.4, 0.5) is 0 Å². The number of ether oxygens (including phenoxy) is 4. The molecule has 1 saturated heterocycles. The minimum atomic E-state index is -5.06. The van der Waals surface area contributed by atoms with E-state index in [1.807, 2.05) is 0 Å². The van der Waals surface area contributed by atoms with E-state index in [4.69, 9.17) is 23.5 Å². The van der Waals surface area contributed by atoms with Crippen LogP contribution in [0, 0.1) is 0 Å². The molecule has 13 heteroatoms. The Labute approximate surface area is 340 Å². The van der Waals surface area contributed by atoms with E-state index >= 15 is 0 Å². The zero-order chi connectivity index (χ0) is 41.1. The van der Waals surface area contributed by atoms with Crippen molar-refractivity contribution >= 4 is 16.4 Å². The van der Waals surface area contributed by atoms with Gasteiger partial charge in [0.2, 0.25) is 0 Å². The van der Waals surface area contributed by atoms with Crippen molar-refractivity contribution in [1.29, 1.82) is 0 Å². The number of allylic oxidation sites excluding steroid dienone is 4. The molecule has 0 aromatic heterocycles. The molecule has 56 heavy (non-hydrogen) atoms. The van der Waals surface area contributed by atoms with E-state index in [-0.39, 0.29) is 19.6 Å². The lowest BCUT2D eigenvalue weighted by atomic mass is 9.99. The molecule has 4 N–H and O–H groups in total. The Morgan fingerprint density at radius 2 is 1.18 bits per heavy atom. The maximum absolute atomic E-state index is 12.8. The van der Waals surface area contributed by atoms with Crippen molar-refractivity contribution in [2.45, 2.75) is 218 Å². The predicted molar refractivity (Wildman–Crippen MR) is 221 cm³/mol. The highest BCUT2D eigenvalue weighted by Crippen LogP contribution is 2.26. The third kappa shape index (κ3) is 28.9. The maximum atomic E-state index is 12.8. The van der Waals surface area contributed by atoms with Gasteiger partial charge in [-0.1, -0.05) is 154 Å². The Morgan fingerprint density at radius 3 is 1.73 bits per heavy atom. The summed E-state index contributed by atoms with van der Waals surface area (Å²) in [6.45, 7) is 3.94. The Kier molecular flexibility index (Phi) is 33.4. The first-order chi connectivity index (χ1) is 27.1. The lowest BCUT2D eigenvalue weighted by Gasteiger charge is -2.41. The Hall–Kier alpha value is -1.42. The van der Waals surface area contributed by atoms with Crippen LogP contribution in [0.25, 0.3) is 0 Å². The van der Waals surface area contributed by atoms with E-state index in [0.717, 1.165) is 51.4 Å². The monoisotopic (exact) mass is 821 g/mol. The van der Waals surface area contributed by atoms with Gasteiger partial charge in [0.15, 0.2) is 6.29 Å². The number of esters is 1. The van der Waals surface area contributed by atoms with Crippen LogP contribution < -0.4 is 0 Å². The summed E-state index contributed by atoms with van der Waals surface area (Å²) in [5.74, 6) is -0.402. The van der Waals surface area contributed by atoms with E-state index in [1.165, 1.54) is 103 Å². The van der Waals surface area contributed by atoms with Crippen LogP contribution in [0.2, 0.25) is 0 Å². The van der Waals surface area contributed by atoms with E-state index in [0.29, 0.717) is 13.0 Å². The minimum Gasteiger partial charge on any atom is -0.457 e. The van der Waals surface area contributed by atoms with Crippen molar-refractivity contribution < 1.29 is 56.2 Å². The molecule has 0 aromatic carbocycles. The van der Waals surface area contributed by atoms with E-state index < -0.39 is 59.8 Å². The number of hydrogen-bond acceptors (Lipinski definition) is 11. The average molecular weight is 821 g/mol. The fraction of sp³-hybridized carbons (Fsp3) is 0.884. The predicted octanol–water partition coefficient (Wildman–Crippen LogP) is 8.85. The molecule has 330 valence electrons. The number of aliphatic hydroxyl groups excluding tert-OH is 3. The van der Waals surface area contributed by atoms with Crippen molar-refractivity contribution in [3.05, 3.63) is 24.3 Å². The van der Waals surface area contributed by atoms with E-state index in [9.17, 15) is 28.5 Å². The minimum absolute atomic E-state index is 0.0352. The van der Waals surface area contributed by atoms with Crippen LogP contribution in [0.5, 0.6) is 0 Å². The molecular weight excluding hydrogens is 741 g/mol. The molecule has 6 unspecified atom stereocenters. The second-order valence-electron chi connectivity index (χ2n) is 15.3. The number of carbonyl (C=O) groups is 1. The zero-order valence-electron chi connectivity index (χ0n) is 34.9. The summed E-state index contributed by atoms with van der Waals surface area (Å²) in [6.07, 6.45) is 29.3. The molecule has 1 rings (SSSR count). The highest BCUT2D eigenvalue weighted by atomic mass is 32.3. The van der Waals surface area contributed by atoms with Gasteiger partial charge < -0.3 is 34.3 Å². The molecule has 0 aliphatic carbocycles. The molecule has 0 radical (unpaired) electrons. The fourth-order valence-corrected chi connectivity index (χ4v) is 7.21. The van der Waals surface area contributed by atoms with Gasteiger partial charge in [-0.2, -0.15) is 8.42 Å². The number of carbonyl (C=O) groups excluding carboxylic acids is 1. The molecule has 0 aromatic rings. The second kappa shape index (κ2) is 35.5. The number of rotatable bonds is 38. The van der Waals surface area contributed by atoms with Crippen LogP contribution in [0.15, 0.2) is 24.3 Å². The summed E-state index contributed by atoms with van der Waals surface area (Å²) in [5.41, 5.74) is 0. The molecule has 1 heterocycles. The number of hydrogen-bond donors (Lipinski definition) is 4. The third-order valence-corrected chi connectivity index (χ3v) is 10.5. The first kappa shape index (κ1) is 52.6. The van der Waals surface area contributed by atoms with Crippen molar-refractivity contribution in [2.75, 3.05) is 26.4 Å². The molecular formula is C43H80O12S. The standard InChI is InChI=1S/C43H80O12S/c1-3-5-7-9-11-13-15-16-17-18-19-20-21-23-25-27-29-31-33-51-35-37(53-39(45)32-30-28-26-24-22-14-12-10-8-6-4-2)36-52-43-41(47)42(55-56(48,49)50)40(46)38(34-44)54-43/h11,13,16-17,37-38,40-44,46-47H,3-10,12,14-15,18-36H2,1-2H3,(H,48,49,50)/b13-11-,17-16-. The quantitative estimate of drug-likeness (QED) is 0.0202. The van der Waals surface area contributed by atoms with Gasteiger partial charge in [0.1, 0.15) is 30.5 Å². The topological polar surface area (TPSA) is 178 Å². The average Bonchev–Trinajstić information content (AvgIpc) is 3.17. The molecule has 0 saturated carbocycles. The Morgan fingerprint density at radius 1 is 0.679 bits per heavy atom. The highest BCUT2D eigenvalue weighted by Gasteiger charge is 2.48. The van der Waals surface area contributed by atoms with Gasteiger partial charge >= 0.3 is 16.4 Å². The summed E-state index contributed by atoms with van der Waals surface area (Å²) < 4.78 is 58.9. The SMILES string of the molecule is CCCCC/C=C\C/C=C\CCCCCCCCCCOCC(COC1OC(CO)C(O)C(OS(=O)(=O)O)C1O)OC(=O)CCCCCCCCCCCCC. The summed E-state index contributed by atoms with van der Waals surface area (Å²) in [5, 5.41) is 30.6. The first-order valence-electron chi connectivity index (χ1n) is 22.1. The zero-order valence-corrected chi connectivity index (χ0v) is 35.8. The second-order valence-corrected chi connectivity index (χ2v) is 16.3. The van der Waals surface area contributed by atoms with Crippen LogP contribution >= 0.6 is 0 Å². The van der Waals surface area contributed by atoms with Crippen molar-refractivity contribution in [3.63, 3.8) is 0 Å². The van der Waals surface area contributed by atoms with Gasteiger partial charge in [-0.05, 0) is 44.9 Å². The van der Waals surface area contributed by atoms with Crippen molar-refractivity contribution in [2.24, 2.45) is 0 Å². The lowest BCUT2D eigenvalue weighted by molar-refractivity contribution is -0.301. The third-order valence-electron chi connectivity index (χ3n) is 10.1. The molecule has 0 bridgehead atoms. The number of aliphatic hydroxyl groups is 3. The molecule has 12 nitrogen and oxygen atoms in total. The summed E-state index contributed by atoms with van der Waals surface area (Å²) >= 11 is 0. The van der Waals surface area contributed by atoms with Crippen LogP contribution in [-0.2, 0) is 38.3 Å². The Bertz CT molecular complexity index is 1080. The Balaban J connectivity index is 2.42. The summed E-state index contributed by atoms with van der Waals surface area (Å²) in [4.78, 5) is 12.8. The maximum Gasteiger partial charge on any atom is 0.397 e. The smallest absolute Gasteiger partial charge is 0.397 e. The van der Waals surface area contributed by atoms with Crippen LogP contribution in [0.3, 0.4) is 0 Å². The molecule has 0 amide bonds. The fourth-order valence-electron chi connectivity index (χ4n) is 6.70. The van der Waals surface area contributed by atoms with Gasteiger partial charge in [0.25, 0.3) is 0 Å². The van der Waals surface area contributed by atoms with Crippen molar-refractivity contribution in [1.82, 2.24) is 0 Å². The molecule has 1 aliphatic rings. The highest BCUT2D eigenvalue weighted by molar-refractivity contribution is 7.80. The van der Waals surface area contributed by atoms with Gasteiger partial charge in [0, 0.05) is 13.0 Å². The van der Waals surface area contributed by atoms with Crippen LogP contribution in [0.1, 0.15) is 181 Å². The summed E-state index contributed by atoms with van der Waals surface area (Å²) in [6, 6.07) is 0. The van der Waals surface area contributed by atoms with E-state index in [2.05, 4.69) is 42.3 Å². The first-order valence-corrected chi connectivity index (χ1v) is 23.5. The van der Waals surface area contributed by atoms with Crippen LogP contribution in [-0.4, -0.2) is 97.5 Å².